The molecule has 9 aromatic rings. The summed E-state index contributed by atoms with van der Waals surface area (Å²) in [6, 6.07) is 62.3. The molecular formula is C44H28. The van der Waals surface area contributed by atoms with E-state index in [1.165, 1.54) is 87.2 Å². The van der Waals surface area contributed by atoms with Crippen molar-refractivity contribution in [3.8, 4) is 33.4 Å². The first-order chi connectivity index (χ1) is 21.8. The van der Waals surface area contributed by atoms with Crippen molar-refractivity contribution in [1.29, 1.82) is 0 Å². The van der Waals surface area contributed by atoms with Gasteiger partial charge in [0, 0.05) is 0 Å². The average Bonchev–Trinajstić information content (AvgIpc) is 3.11. The molecule has 0 unspecified atom stereocenters. The lowest BCUT2D eigenvalue weighted by Gasteiger charge is -2.12. The van der Waals surface area contributed by atoms with Gasteiger partial charge in [0.15, 0.2) is 0 Å². The monoisotopic (exact) mass is 556 g/mol. The maximum atomic E-state index is 2.36. The number of hydrogen-bond acceptors (Lipinski definition) is 0. The van der Waals surface area contributed by atoms with Crippen LogP contribution in [0.1, 0.15) is 0 Å². The maximum absolute atomic E-state index is 2.36. The van der Waals surface area contributed by atoms with Gasteiger partial charge in [-0.2, -0.15) is 0 Å². The van der Waals surface area contributed by atoms with E-state index in [4.69, 9.17) is 0 Å². The summed E-state index contributed by atoms with van der Waals surface area (Å²) in [7, 11) is 0. The van der Waals surface area contributed by atoms with Crippen molar-refractivity contribution in [2.45, 2.75) is 0 Å². The lowest BCUT2D eigenvalue weighted by Crippen LogP contribution is -1.85. The van der Waals surface area contributed by atoms with Crippen molar-refractivity contribution in [1.82, 2.24) is 0 Å². The molecule has 0 radical (unpaired) electrons. The van der Waals surface area contributed by atoms with Crippen LogP contribution in [0.5, 0.6) is 0 Å². The van der Waals surface area contributed by atoms with E-state index in [9.17, 15) is 0 Å². The Morgan fingerprint density at radius 2 is 0.500 bits per heavy atom. The smallest absolute Gasteiger partial charge is 0.00928 e. The Hall–Kier alpha value is -5.72. The second kappa shape index (κ2) is 9.93. The molecule has 44 heavy (non-hydrogen) atoms. The number of fused-ring (bicyclic) bond motifs is 8. The molecule has 0 fully saturated rings. The minimum Gasteiger partial charge on any atom is -0.0616 e. The molecule has 0 amide bonds. The van der Waals surface area contributed by atoms with Crippen molar-refractivity contribution >= 4 is 53.9 Å². The highest BCUT2D eigenvalue weighted by molar-refractivity contribution is 6.25. The molecule has 0 aliphatic carbocycles. The topological polar surface area (TPSA) is 0 Å². The van der Waals surface area contributed by atoms with Gasteiger partial charge in [0.05, 0.1) is 0 Å². The van der Waals surface area contributed by atoms with Gasteiger partial charge in [-0.1, -0.05) is 146 Å². The first-order valence-electron chi connectivity index (χ1n) is 15.3. The molecule has 0 heterocycles. The Kier molecular flexibility index (Phi) is 5.61. The maximum Gasteiger partial charge on any atom is -0.00928 e. The van der Waals surface area contributed by atoms with Crippen LogP contribution in [0, 0.1) is 0 Å². The van der Waals surface area contributed by atoms with Crippen molar-refractivity contribution in [2.24, 2.45) is 0 Å². The number of hydrogen-bond donors (Lipinski definition) is 0. The van der Waals surface area contributed by atoms with Crippen LogP contribution < -0.4 is 0 Å². The Labute approximate surface area is 256 Å². The predicted molar refractivity (Wildman–Crippen MR) is 190 cm³/mol. The minimum absolute atomic E-state index is 1.23. The Balaban J connectivity index is 1.06. The Morgan fingerprint density at radius 3 is 1.05 bits per heavy atom. The van der Waals surface area contributed by atoms with Gasteiger partial charge in [0.2, 0.25) is 0 Å². The van der Waals surface area contributed by atoms with Crippen LogP contribution in [0.2, 0.25) is 0 Å². The number of benzene rings is 9. The van der Waals surface area contributed by atoms with E-state index >= 15 is 0 Å². The third-order valence-electron chi connectivity index (χ3n) is 9.22. The molecule has 0 N–H and O–H groups in total. The molecule has 204 valence electrons. The van der Waals surface area contributed by atoms with E-state index in [2.05, 4.69) is 170 Å². The molecule has 0 aliphatic rings. The fourth-order valence-corrected chi connectivity index (χ4v) is 6.92. The SMILES string of the molecule is c1ccc2cc(-c3ccc4cc(-c5ccc(-c6ccc7c8ccccc8c8ccccc8c7c6)cc5)ccc4c3)ccc2c1. The van der Waals surface area contributed by atoms with Crippen LogP contribution in [0.25, 0.3) is 87.2 Å². The van der Waals surface area contributed by atoms with Gasteiger partial charge in [-0.05, 0) is 112 Å². The zero-order valence-corrected chi connectivity index (χ0v) is 24.2. The molecule has 0 heteroatoms. The first-order valence-corrected chi connectivity index (χ1v) is 15.3. The van der Waals surface area contributed by atoms with Gasteiger partial charge in [-0.25, -0.2) is 0 Å². The van der Waals surface area contributed by atoms with Crippen molar-refractivity contribution in [2.75, 3.05) is 0 Å². The lowest BCUT2D eigenvalue weighted by atomic mass is 9.91. The second-order valence-corrected chi connectivity index (χ2v) is 11.8. The Bertz CT molecular complexity index is 2500. The van der Waals surface area contributed by atoms with E-state index in [1.54, 1.807) is 0 Å². The summed E-state index contributed by atoms with van der Waals surface area (Å²) in [6.07, 6.45) is 0. The second-order valence-electron chi connectivity index (χ2n) is 11.8. The summed E-state index contributed by atoms with van der Waals surface area (Å²) < 4.78 is 0. The minimum atomic E-state index is 1.23. The summed E-state index contributed by atoms with van der Waals surface area (Å²) in [5.41, 5.74) is 7.43. The Morgan fingerprint density at radius 1 is 0.182 bits per heavy atom. The molecular weight excluding hydrogens is 528 g/mol. The molecule has 0 atom stereocenters. The molecule has 9 aromatic carbocycles. The van der Waals surface area contributed by atoms with Crippen LogP contribution >= 0.6 is 0 Å². The van der Waals surface area contributed by atoms with Crippen molar-refractivity contribution in [3.63, 3.8) is 0 Å². The quantitative estimate of drug-likeness (QED) is 0.190. The van der Waals surface area contributed by atoms with Gasteiger partial charge in [-0.15, -0.1) is 0 Å². The summed E-state index contributed by atoms with van der Waals surface area (Å²) in [5.74, 6) is 0. The fraction of sp³-hybridized carbons (Fsp3) is 0. The molecule has 0 bridgehead atoms. The van der Waals surface area contributed by atoms with Gasteiger partial charge in [0.1, 0.15) is 0 Å². The van der Waals surface area contributed by atoms with Crippen LogP contribution in [0.3, 0.4) is 0 Å². The molecule has 0 aliphatic heterocycles. The summed E-state index contributed by atoms with van der Waals surface area (Å²) >= 11 is 0. The highest BCUT2D eigenvalue weighted by atomic mass is 14.1. The van der Waals surface area contributed by atoms with Gasteiger partial charge in [0.25, 0.3) is 0 Å². The highest BCUT2D eigenvalue weighted by Crippen LogP contribution is 2.37. The van der Waals surface area contributed by atoms with E-state index in [0.717, 1.165) is 0 Å². The van der Waals surface area contributed by atoms with E-state index in [1.807, 2.05) is 0 Å². The van der Waals surface area contributed by atoms with Gasteiger partial charge < -0.3 is 0 Å². The largest absolute Gasteiger partial charge is 0.0616 e. The average molecular weight is 557 g/mol. The lowest BCUT2D eigenvalue weighted by molar-refractivity contribution is 1.61. The van der Waals surface area contributed by atoms with E-state index in [-0.39, 0.29) is 0 Å². The summed E-state index contributed by atoms with van der Waals surface area (Å²) in [4.78, 5) is 0. The zero-order chi connectivity index (χ0) is 29.0. The van der Waals surface area contributed by atoms with Crippen LogP contribution in [-0.4, -0.2) is 0 Å². The third kappa shape index (κ3) is 4.07. The van der Waals surface area contributed by atoms with E-state index < -0.39 is 0 Å². The molecule has 0 spiro atoms. The fourth-order valence-electron chi connectivity index (χ4n) is 6.92. The van der Waals surface area contributed by atoms with E-state index in [0.29, 0.717) is 0 Å². The van der Waals surface area contributed by atoms with Crippen LogP contribution in [0.4, 0.5) is 0 Å². The summed E-state index contributed by atoms with van der Waals surface area (Å²) in [5, 5.41) is 12.9. The van der Waals surface area contributed by atoms with Crippen molar-refractivity contribution < 1.29 is 0 Å². The highest BCUT2D eigenvalue weighted by Gasteiger charge is 2.10. The predicted octanol–water partition coefficient (Wildman–Crippen LogP) is 12.5. The van der Waals surface area contributed by atoms with Crippen molar-refractivity contribution in [3.05, 3.63) is 170 Å². The molecule has 0 aromatic heterocycles. The normalized spacial score (nSPS) is 11.6. The van der Waals surface area contributed by atoms with Crippen LogP contribution in [-0.2, 0) is 0 Å². The van der Waals surface area contributed by atoms with Gasteiger partial charge in [-0.3, -0.25) is 0 Å². The molecule has 9 rings (SSSR count). The standard InChI is InChI=1S/C44H28/c1-2-8-32-25-34(18-17-29(32)7-1)37-22-21-35-26-33(19-20-36(35)27-37)30-13-15-31(16-14-30)38-23-24-43-41-11-4-3-9-39(41)40-10-5-6-12-42(40)44(43)28-38/h1-28H. The van der Waals surface area contributed by atoms with Crippen LogP contribution in [0.15, 0.2) is 170 Å². The first kappa shape index (κ1) is 24.8. The third-order valence-corrected chi connectivity index (χ3v) is 9.22. The summed E-state index contributed by atoms with van der Waals surface area (Å²) in [6.45, 7) is 0. The zero-order valence-electron chi connectivity index (χ0n) is 24.2. The molecule has 0 nitrogen and oxygen atoms in total. The molecule has 0 saturated carbocycles. The number of rotatable bonds is 3. The van der Waals surface area contributed by atoms with Gasteiger partial charge >= 0.3 is 0 Å². The molecule has 0 saturated heterocycles.